The first-order chi connectivity index (χ1) is 10.2. The Morgan fingerprint density at radius 1 is 1.24 bits per heavy atom. The van der Waals surface area contributed by atoms with Gasteiger partial charge in [-0.25, -0.2) is 0 Å². The molecule has 21 heavy (non-hydrogen) atoms. The van der Waals surface area contributed by atoms with Gasteiger partial charge in [0.25, 0.3) is 0 Å². The van der Waals surface area contributed by atoms with Crippen LogP contribution in [0.25, 0.3) is 0 Å². The first-order valence-electron chi connectivity index (χ1n) is 8.96. The molecule has 4 fully saturated rings. The van der Waals surface area contributed by atoms with Gasteiger partial charge in [-0.2, -0.15) is 0 Å². The van der Waals surface area contributed by atoms with Gasteiger partial charge in [0.15, 0.2) is 0 Å². The Morgan fingerprint density at radius 3 is 2.71 bits per heavy atom. The van der Waals surface area contributed by atoms with E-state index in [1.165, 1.54) is 58.2 Å². The van der Waals surface area contributed by atoms with Gasteiger partial charge < -0.3 is 20.1 Å². The molecule has 3 aliphatic heterocycles. The summed E-state index contributed by atoms with van der Waals surface area (Å²) in [4.78, 5) is 2.55. The first kappa shape index (κ1) is 15.7. The summed E-state index contributed by atoms with van der Waals surface area (Å²) >= 11 is 0. The third kappa shape index (κ3) is 4.41. The van der Waals surface area contributed by atoms with E-state index in [1.807, 2.05) is 0 Å². The van der Waals surface area contributed by atoms with Crippen LogP contribution in [0.5, 0.6) is 0 Å². The molecule has 4 heteroatoms. The van der Waals surface area contributed by atoms with E-state index in [0.717, 1.165) is 11.8 Å². The molecule has 0 amide bonds. The molecule has 1 aliphatic carbocycles. The predicted octanol–water partition coefficient (Wildman–Crippen LogP) is 1.63. The number of aliphatic hydroxyl groups excluding tert-OH is 1. The van der Waals surface area contributed by atoms with Gasteiger partial charge in [-0.05, 0) is 50.6 Å². The van der Waals surface area contributed by atoms with E-state index in [0.29, 0.717) is 25.3 Å². The number of piperidine rings is 3. The predicted molar refractivity (Wildman–Crippen MR) is 84.3 cm³/mol. The fourth-order valence-electron chi connectivity index (χ4n) is 4.32. The molecule has 2 N–H and O–H groups in total. The van der Waals surface area contributed by atoms with Crippen LogP contribution in [0.3, 0.4) is 0 Å². The summed E-state index contributed by atoms with van der Waals surface area (Å²) in [7, 11) is 0. The Hall–Kier alpha value is -0.160. The molecule has 2 bridgehead atoms. The maximum Gasteiger partial charge on any atom is 0.0897 e. The highest BCUT2D eigenvalue weighted by Gasteiger charge is 2.33. The number of ether oxygens (including phenoxy) is 1. The number of fused-ring (bicyclic) bond motifs is 3. The molecule has 4 nitrogen and oxygen atoms in total. The van der Waals surface area contributed by atoms with E-state index in [4.69, 9.17) is 4.74 Å². The molecule has 3 heterocycles. The van der Waals surface area contributed by atoms with Crippen molar-refractivity contribution >= 4 is 0 Å². The van der Waals surface area contributed by atoms with Crippen LogP contribution in [0.15, 0.2) is 0 Å². The van der Waals surface area contributed by atoms with Gasteiger partial charge >= 0.3 is 0 Å². The second-order valence-corrected chi connectivity index (χ2v) is 7.53. The molecule has 0 aromatic rings. The van der Waals surface area contributed by atoms with Gasteiger partial charge in [0, 0.05) is 19.1 Å². The van der Waals surface area contributed by atoms with Gasteiger partial charge in [-0.1, -0.05) is 19.8 Å². The highest BCUT2D eigenvalue weighted by Crippen LogP contribution is 2.27. The van der Waals surface area contributed by atoms with Crippen molar-refractivity contribution < 1.29 is 9.84 Å². The van der Waals surface area contributed by atoms with E-state index in [-0.39, 0.29) is 6.10 Å². The molecule has 122 valence electrons. The quantitative estimate of drug-likeness (QED) is 0.782. The number of nitrogens with one attached hydrogen (secondary N) is 1. The lowest BCUT2D eigenvalue weighted by molar-refractivity contribution is -0.0334. The summed E-state index contributed by atoms with van der Waals surface area (Å²) in [5.74, 6) is 1.60. The summed E-state index contributed by atoms with van der Waals surface area (Å²) in [6, 6.07) is 0.580. The molecule has 0 spiro atoms. The Labute approximate surface area is 129 Å². The molecule has 0 radical (unpaired) electrons. The van der Waals surface area contributed by atoms with Gasteiger partial charge in [0.05, 0.1) is 18.8 Å². The molecule has 4 atom stereocenters. The first-order valence-corrected chi connectivity index (χ1v) is 8.96. The normalized spacial score (nSPS) is 41.1. The monoisotopic (exact) mass is 296 g/mol. The standard InChI is InChI=1S/C17H32N2O2/c1-13-3-2-4-16(9-13)21-12-15(20)10-18-17-11-19-7-5-14(17)6-8-19/h13-18,20H,2-12H2,1H3. The third-order valence-corrected chi connectivity index (χ3v) is 5.68. The van der Waals surface area contributed by atoms with Crippen molar-refractivity contribution in [1.82, 2.24) is 10.2 Å². The summed E-state index contributed by atoms with van der Waals surface area (Å²) in [6.07, 6.45) is 7.61. The fraction of sp³-hybridized carbons (Fsp3) is 1.00. The van der Waals surface area contributed by atoms with Crippen LogP contribution in [0.1, 0.15) is 45.4 Å². The largest absolute Gasteiger partial charge is 0.389 e. The highest BCUT2D eigenvalue weighted by atomic mass is 16.5. The van der Waals surface area contributed by atoms with Crippen molar-refractivity contribution in [2.75, 3.05) is 32.8 Å². The molecule has 1 saturated carbocycles. The van der Waals surface area contributed by atoms with Crippen LogP contribution >= 0.6 is 0 Å². The van der Waals surface area contributed by atoms with E-state index in [9.17, 15) is 5.11 Å². The number of aliphatic hydroxyl groups is 1. The van der Waals surface area contributed by atoms with Crippen molar-refractivity contribution in [1.29, 1.82) is 0 Å². The van der Waals surface area contributed by atoms with Gasteiger partial charge in [0.2, 0.25) is 0 Å². The minimum Gasteiger partial charge on any atom is -0.389 e. The highest BCUT2D eigenvalue weighted by molar-refractivity contribution is 4.91. The zero-order valence-electron chi connectivity index (χ0n) is 13.5. The summed E-state index contributed by atoms with van der Waals surface area (Å²) < 4.78 is 5.92. The lowest BCUT2D eigenvalue weighted by atomic mass is 9.84. The maximum atomic E-state index is 10.1. The van der Waals surface area contributed by atoms with Crippen LogP contribution in [0.2, 0.25) is 0 Å². The average molecular weight is 296 g/mol. The summed E-state index contributed by atoms with van der Waals surface area (Å²) in [6.45, 7) is 7.19. The number of rotatable bonds is 6. The topological polar surface area (TPSA) is 44.7 Å². The summed E-state index contributed by atoms with van der Waals surface area (Å²) in [5, 5.41) is 13.7. The molecule has 3 saturated heterocycles. The molecule has 0 aromatic heterocycles. The van der Waals surface area contributed by atoms with Gasteiger partial charge in [-0.15, -0.1) is 0 Å². The molecule has 4 unspecified atom stereocenters. The van der Waals surface area contributed by atoms with Gasteiger partial charge in [-0.3, -0.25) is 0 Å². The van der Waals surface area contributed by atoms with E-state index < -0.39 is 0 Å². The van der Waals surface area contributed by atoms with Crippen LogP contribution in [-0.4, -0.2) is 61.0 Å². The second kappa shape index (κ2) is 7.40. The molecule has 4 aliphatic rings. The molecular formula is C17H32N2O2. The number of nitrogens with zero attached hydrogens (tertiary/aromatic N) is 1. The Bertz CT molecular complexity index is 318. The molecular weight excluding hydrogens is 264 g/mol. The zero-order chi connectivity index (χ0) is 14.7. The van der Waals surface area contributed by atoms with E-state index in [1.54, 1.807) is 0 Å². The maximum absolute atomic E-state index is 10.1. The van der Waals surface area contributed by atoms with Crippen molar-refractivity contribution in [2.45, 2.75) is 63.7 Å². The van der Waals surface area contributed by atoms with E-state index in [2.05, 4.69) is 17.1 Å². The zero-order valence-corrected chi connectivity index (χ0v) is 13.5. The lowest BCUT2D eigenvalue weighted by Gasteiger charge is -2.45. The average Bonchev–Trinajstić information content (AvgIpc) is 2.52. The van der Waals surface area contributed by atoms with Crippen LogP contribution in [0.4, 0.5) is 0 Å². The Balaban J connectivity index is 1.32. The Kier molecular flexibility index (Phi) is 5.54. The van der Waals surface area contributed by atoms with Crippen molar-refractivity contribution in [2.24, 2.45) is 11.8 Å². The lowest BCUT2D eigenvalue weighted by Crippen LogP contribution is -2.57. The molecule has 0 aromatic carbocycles. The van der Waals surface area contributed by atoms with Gasteiger partial charge in [0.1, 0.15) is 0 Å². The minimum atomic E-state index is -0.363. The van der Waals surface area contributed by atoms with E-state index >= 15 is 0 Å². The molecule has 4 rings (SSSR count). The van der Waals surface area contributed by atoms with Crippen molar-refractivity contribution in [3.63, 3.8) is 0 Å². The minimum absolute atomic E-state index is 0.363. The summed E-state index contributed by atoms with van der Waals surface area (Å²) in [5.41, 5.74) is 0. The van der Waals surface area contributed by atoms with Crippen LogP contribution < -0.4 is 5.32 Å². The second-order valence-electron chi connectivity index (χ2n) is 7.53. The van der Waals surface area contributed by atoms with Crippen molar-refractivity contribution in [3.05, 3.63) is 0 Å². The smallest absolute Gasteiger partial charge is 0.0897 e. The van der Waals surface area contributed by atoms with Crippen molar-refractivity contribution in [3.8, 4) is 0 Å². The Morgan fingerprint density at radius 2 is 2.05 bits per heavy atom. The number of hydrogen-bond donors (Lipinski definition) is 2. The third-order valence-electron chi connectivity index (χ3n) is 5.68. The number of hydrogen-bond acceptors (Lipinski definition) is 4. The van der Waals surface area contributed by atoms with Crippen LogP contribution in [0, 0.1) is 11.8 Å². The fourth-order valence-corrected chi connectivity index (χ4v) is 4.32. The SMILES string of the molecule is CC1CCCC(OCC(O)CNC2CN3CCC2CC3)C1. The van der Waals surface area contributed by atoms with Crippen LogP contribution in [-0.2, 0) is 4.74 Å².